The SMILES string of the molecule is CN(C(=O)c1cccc(-n2nc(C(F)(F)F)c3c2CCN(C(=O)CC(=O)O)C3)c1)c1ccc2c(c1)OCO2. The summed E-state index contributed by atoms with van der Waals surface area (Å²) in [5.74, 6) is -1.49. The fourth-order valence-electron chi connectivity index (χ4n) is 4.49. The van der Waals surface area contributed by atoms with Crippen LogP contribution in [0.1, 0.15) is 33.7 Å². The Labute approximate surface area is 213 Å². The highest BCUT2D eigenvalue weighted by atomic mass is 19.4. The minimum absolute atomic E-state index is 0.0268. The molecular formula is C25H21F3N4O6. The van der Waals surface area contributed by atoms with Gasteiger partial charge in [-0.15, -0.1) is 0 Å². The van der Waals surface area contributed by atoms with E-state index in [2.05, 4.69) is 5.10 Å². The lowest BCUT2D eigenvalue weighted by atomic mass is 10.0. The first-order chi connectivity index (χ1) is 18.0. The van der Waals surface area contributed by atoms with Crippen molar-refractivity contribution in [2.75, 3.05) is 25.3 Å². The second-order valence-electron chi connectivity index (χ2n) is 8.77. The number of nitrogens with zero attached hydrogens (tertiary/aromatic N) is 4. The van der Waals surface area contributed by atoms with Crippen molar-refractivity contribution in [3.8, 4) is 17.2 Å². The van der Waals surface area contributed by atoms with Crippen molar-refractivity contribution in [2.45, 2.75) is 25.6 Å². The Bertz CT molecular complexity index is 1450. The van der Waals surface area contributed by atoms with Gasteiger partial charge in [0.15, 0.2) is 17.2 Å². The zero-order valence-electron chi connectivity index (χ0n) is 20.0. The van der Waals surface area contributed by atoms with Crippen LogP contribution in [0.5, 0.6) is 11.5 Å². The number of aliphatic carboxylic acids is 1. The van der Waals surface area contributed by atoms with Gasteiger partial charge < -0.3 is 24.4 Å². The van der Waals surface area contributed by atoms with Gasteiger partial charge in [-0.3, -0.25) is 14.4 Å². The van der Waals surface area contributed by atoms with Gasteiger partial charge in [-0.2, -0.15) is 18.3 Å². The molecule has 198 valence electrons. The van der Waals surface area contributed by atoms with E-state index in [0.717, 1.165) is 9.58 Å². The monoisotopic (exact) mass is 530 g/mol. The number of amides is 2. The van der Waals surface area contributed by atoms with Gasteiger partial charge in [0.1, 0.15) is 6.42 Å². The Balaban J connectivity index is 1.46. The number of alkyl halides is 3. The topological polar surface area (TPSA) is 114 Å². The van der Waals surface area contributed by atoms with Gasteiger partial charge >= 0.3 is 12.1 Å². The summed E-state index contributed by atoms with van der Waals surface area (Å²) in [5.41, 5.74) is -0.121. The van der Waals surface area contributed by atoms with Crippen molar-refractivity contribution in [1.82, 2.24) is 14.7 Å². The molecule has 0 radical (unpaired) electrons. The molecule has 0 bridgehead atoms. The van der Waals surface area contributed by atoms with Crippen LogP contribution in [0.2, 0.25) is 0 Å². The number of carboxylic acids is 1. The van der Waals surface area contributed by atoms with Gasteiger partial charge in [-0.1, -0.05) is 6.07 Å². The number of anilines is 1. The van der Waals surface area contributed by atoms with Crippen LogP contribution in [0.3, 0.4) is 0 Å². The predicted octanol–water partition coefficient (Wildman–Crippen LogP) is 3.26. The third-order valence-corrected chi connectivity index (χ3v) is 6.37. The highest BCUT2D eigenvalue weighted by molar-refractivity contribution is 6.06. The zero-order chi connectivity index (χ0) is 27.2. The Morgan fingerprint density at radius 3 is 2.61 bits per heavy atom. The average Bonchev–Trinajstić information content (AvgIpc) is 3.51. The van der Waals surface area contributed by atoms with Crippen LogP contribution < -0.4 is 14.4 Å². The van der Waals surface area contributed by atoms with Crippen molar-refractivity contribution in [3.63, 3.8) is 0 Å². The molecule has 2 aliphatic heterocycles. The molecule has 10 nitrogen and oxygen atoms in total. The molecule has 0 fully saturated rings. The molecule has 3 aromatic rings. The van der Waals surface area contributed by atoms with Crippen LogP contribution in [-0.2, 0) is 28.7 Å². The maximum Gasteiger partial charge on any atom is 0.435 e. The number of carbonyl (C=O) groups excluding carboxylic acids is 2. The maximum absolute atomic E-state index is 13.9. The zero-order valence-corrected chi connectivity index (χ0v) is 20.0. The Morgan fingerprint density at radius 2 is 1.87 bits per heavy atom. The molecule has 0 unspecified atom stereocenters. The molecule has 2 aliphatic rings. The molecular weight excluding hydrogens is 509 g/mol. The number of carboxylic acid groups (broad SMARTS) is 1. The first-order valence-corrected chi connectivity index (χ1v) is 11.5. The van der Waals surface area contributed by atoms with Crippen molar-refractivity contribution >= 4 is 23.5 Å². The second-order valence-corrected chi connectivity index (χ2v) is 8.77. The lowest BCUT2D eigenvalue weighted by Gasteiger charge is -2.27. The van der Waals surface area contributed by atoms with Gasteiger partial charge in [0, 0.05) is 49.4 Å². The number of aromatic nitrogens is 2. The summed E-state index contributed by atoms with van der Waals surface area (Å²) in [4.78, 5) is 38.8. The number of fused-ring (bicyclic) bond motifs is 2. The summed E-state index contributed by atoms with van der Waals surface area (Å²) < 4.78 is 53.4. The van der Waals surface area contributed by atoms with E-state index in [1.165, 1.54) is 17.0 Å². The number of halogens is 3. The third-order valence-electron chi connectivity index (χ3n) is 6.37. The van der Waals surface area contributed by atoms with Crippen molar-refractivity contribution in [2.24, 2.45) is 0 Å². The van der Waals surface area contributed by atoms with Crippen molar-refractivity contribution in [1.29, 1.82) is 0 Å². The molecule has 0 atom stereocenters. The van der Waals surface area contributed by atoms with E-state index >= 15 is 0 Å². The first kappa shape index (κ1) is 25.1. The molecule has 0 aliphatic carbocycles. The van der Waals surface area contributed by atoms with E-state index in [1.54, 1.807) is 37.4 Å². The van der Waals surface area contributed by atoms with Crippen LogP contribution in [0, 0.1) is 0 Å². The number of benzene rings is 2. The van der Waals surface area contributed by atoms with E-state index in [-0.39, 0.29) is 42.3 Å². The summed E-state index contributed by atoms with van der Waals surface area (Å²) in [6, 6.07) is 11.1. The van der Waals surface area contributed by atoms with Crippen molar-refractivity contribution in [3.05, 3.63) is 65.0 Å². The number of ether oxygens (including phenoxy) is 2. The normalized spacial score (nSPS) is 14.3. The highest BCUT2D eigenvalue weighted by Gasteiger charge is 2.41. The molecule has 13 heteroatoms. The van der Waals surface area contributed by atoms with Gasteiger partial charge in [-0.25, -0.2) is 4.68 Å². The molecule has 3 heterocycles. The smallest absolute Gasteiger partial charge is 0.435 e. The molecule has 0 saturated carbocycles. The number of rotatable bonds is 5. The summed E-state index contributed by atoms with van der Waals surface area (Å²) in [5, 5.41) is 12.7. The molecule has 1 N–H and O–H groups in total. The minimum Gasteiger partial charge on any atom is -0.481 e. The van der Waals surface area contributed by atoms with E-state index in [9.17, 15) is 27.6 Å². The number of hydrogen-bond donors (Lipinski definition) is 1. The van der Waals surface area contributed by atoms with Crippen LogP contribution in [0.4, 0.5) is 18.9 Å². The highest BCUT2D eigenvalue weighted by Crippen LogP contribution is 2.37. The van der Waals surface area contributed by atoms with Crippen LogP contribution in [0.25, 0.3) is 5.69 Å². The molecule has 1 aromatic heterocycles. The fraction of sp³-hybridized carbons (Fsp3) is 0.280. The van der Waals surface area contributed by atoms with E-state index < -0.39 is 42.6 Å². The third kappa shape index (κ3) is 4.62. The van der Waals surface area contributed by atoms with Gasteiger partial charge in [0.2, 0.25) is 12.7 Å². The van der Waals surface area contributed by atoms with Gasteiger partial charge in [0.05, 0.1) is 11.4 Å². The molecule has 2 amide bonds. The van der Waals surface area contributed by atoms with Crippen LogP contribution >= 0.6 is 0 Å². The Kier molecular flexibility index (Phi) is 6.21. The summed E-state index contributed by atoms with van der Waals surface area (Å²) in [7, 11) is 1.56. The molecule has 0 spiro atoms. The minimum atomic E-state index is -4.80. The fourth-order valence-corrected chi connectivity index (χ4v) is 4.49. The summed E-state index contributed by atoms with van der Waals surface area (Å²) in [6.45, 7) is -0.298. The van der Waals surface area contributed by atoms with Crippen LogP contribution in [-0.4, -0.2) is 58.0 Å². The van der Waals surface area contributed by atoms with Crippen molar-refractivity contribution < 1.29 is 42.1 Å². The van der Waals surface area contributed by atoms with Gasteiger partial charge in [0.25, 0.3) is 5.91 Å². The molecule has 0 saturated heterocycles. The average molecular weight is 530 g/mol. The molecule has 5 rings (SSSR count). The standard InChI is InChI=1S/C25H21F3N4O6/c1-30(15-5-6-19-20(10-15)38-13-37-19)24(36)14-3-2-4-16(9-14)32-18-7-8-31(21(33)11-22(34)35)12-17(18)23(29-32)25(26,27)28/h2-6,9-10H,7-8,11-13H2,1H3,(H,34,35). The van der Waals surface area contributed by atoms with E-state index in [0.29, 0.717) is 17.2 Å². The lowest BCUT2D eigenvalue weighted by Crippen LogP contribution is -2.37. The number of hydrogen-bond acceptors (Lipinski definition) is 6. The van der Waals surface area contributed by atoms with E-state index in [1.807, 2.05) is 0 Å². The summed E-state index contributed by atoms with van der Waals surface area (Å²) in [6.07, 6.45) is -5.59. The molecule has 2 aromatic carbocycles. The second kappa shape index (κ2) is 9.39. The van der Waals surface area contributed by atoms with Crippen LogP contribution in [0.15, 0.2) is 42.5 Å². The van der Waals surface area contributed by atoms with Gasteiger partial charge in [-0.05, 0) is 30.3 Å². The number of carbonyl (C=O) groups is 3. The predicted molar refractivity (Wildman–Crippen MR) is 125 cm³/mol. The van der Waals surface area contributed by atoms with E-state index in [4.69, 9.17) is 14.6 Å². The lowest BCUT2D eigenvalue weighted by molar-refractivity contribution is -0.146. The maximum atomic E-state index is 13.9. The quantitative estimate of drug-likeness (QED) is 0.504. The largest absolute Gasteiger partial charge is 0.481 e. The summed E-state index contributed by atoms with van der Waals surface area (Å²) >= 11 is 0. The Hall–Kier alpha value is -4.55. The Morgan fingerprint density at radius 1 is 1.11 bits per heavy atom. The molecule has 38 heavy (non-hydrogen) atoms. The first-order valence-electron chi connectivity index (χ1n) is 11.5.